The van der Waals surface area contributed by atoms with E-state index in [-0.39, 0.29) is 0 Å². The summed E-state index contributed by atoms with van der Waals surface area (Å²) in [7, 11) is 0. The number of benzene rings is 1. The Morgan fingerprint density at radius 2 is 2.04 bits per heavy atom. The van der Waals surface area contributed by atoms with E-state index in [0.29, 0.717) is 15.7 Å². The van der Waals surface area contributed by atoms with Crippen molar-refractivity contribution in [3.05, 3.63) is 62.7 Å². The van der Waals surface area contributed by atoms with E-state index in [4.69, 9.17) is 17.3 Å². The lowest BCUT2D eigenvalue weighted by atomic mass is 9.95. The van der Waals surface area contributed by atoms with Crippen molar-refractivity contribution < 1.29 is 4.79 Å². The molecular weight excluding hydrogens is 380 g/mol. The van der Waals surface area contributed by atoms with E-state index < -0.39 is 5.91 Å². The quantitative estimate of drug-likeness (QED) is 0.651. The van der Waals surface area contributed by atoms with Crippen LogP contribution >= 0.6 is 22.9 Å². The third-order valence-electron chi connectivity index (χ3n) is 4.76. The first-order chi connectivity index (χ1) is 13.1. The third-order valence-corrected chi connectivity index (χ3v) is 6.32. The highest BCUT2D eigenvalue weighted by atomic mass is 35.5. The van der Waals surface area contributed by atoms with Gasteiger partial charge in [0.1, 0.15) is 10.2 Å². The molecule has 5 nitrogen and oxygen atoms in total. The number of carbonyl (C=O) groups excluding carboxylic acids is 1. The zero-order chi connectivity index (χ0) is 19.0. The first kappa shape index (κ1) is 17.9. The number of hydrogen-bond acceptors (Lipinski definition) is 4. The molecule has 0 bridgehead atoms. The normalized spacial score (nSPS) is 13.9. The molecule has 7 heteroatoms. The number of amides is 1. The highest BCUT2D eigenvalue weighted by molar-refractivity contribution is 7.16. The number of hydrogen-bond donors (Lipinski definition) is 1. The van der Waals surface area contributed by atoms with Gasteiger partial charge >= 0.3 is 0 Å². The zero-order valence-corrected chi connectivity index (χ0v) is 16.5. The smallest absolute Gasteiger partial charge is 0.252 e. The van der Waals surface area contributed by atoms with E-state index in [0.717, 1.165) is 48.2 Å². The summed E-state index contributed by atoms with van der Waals surface area (Å²) >= 11 is 8.11. The van der Waals surface area contributed by atoms with E-state index in [1.54, 1.807) is 22.2 Å². The fourth-order valence-electron chi connectivity index (χ4n) is 3.42. The van der Waals surface area contributed by atoms with Crippen LogP contribution in [-0.4, -0.2) is 21.9 Å². The van der Waals surface area contributed by atoms with Crippen LogP contribution in [0, 0.1) is 6.92 Å². The molecule has 0 radical (unpaired) electrons. The second-order valence-electron chi connectivity index (χ2n) is 6.55. The lowest BCUT2D eigenvalue weighted by Gasteiger charge is -2.10. The van der Waals surface area contributed by atoms with Crippen molar-refractivity contribution in [3.8, 4) is 5.69 Å². The molecule has 0 aliphatic heterocycles. The van der Waals surface area contributed by atoms with Crippen LogP contribution in [0.4, 0.5) is 5.00 Å². The standard InChI is InChI=1S/C20H19ClN4OS/c1-12-15(18(21)25(24-12)13-7-3-2-4-8-13)11-23-20-17(19(22)26)14-9-5-6-10-16(14)27-20/h2-4,7-8,11H,5-6,9-10H2,1H3,(H2,22,26). The molecule has 2 heterocycles. The van der Waals surface area contributed by atoms with E-state index in [1.807, 2.05) is 37.3 Å². The maximum atomic E-state index is 12.0. The van der Waals surface area contributed by atoms with Crippen LogP contribution in [0.15, 0.2) is 35.3 Å². The van der Waals surface area contributed by atoms with Crippen molar-refractivity contribution in [2.24, 2.45) is 10.7 Å². The lowest BCUT2D eigenvalue weighted by Crippen LogP contribution is -2.14. The average molecular weight is 399 g/mol. The number of thiophene rings is 1. The summed E-state index contributed by atoms with van der Waals surface area (Å²) in [4.78, 5) is 17.8. The number of nitrogens with zero attached hydrogens (tertiary/aromatic N) is 3. The summed E-state index contributed by atoms with van der Waals surface area (Å²) in [5.74, 6) is -0.413. The lowest BCUT2D eigenvalue weighted by molar-refractivity contribution is 0.100. The first-order valence-corrected chi connectivity index (χ1v) is 10.0. The minimum absolute atomic E-state index is 0.413. The van der Waals surface area contributed by atoms with Crippen molar-refractivity contribution >= 4 is 40.1 Å². The van der Waals surface area contributed by atoms with Gasteiger partial charge < -0.3 is 5.73 Å². The highest BCUT2D eigenvalue weighted by Crippen LogP contribution is 2.39. The third kappa shape index (κ3) is 3.31. The van der Waals surface area contributed by atoms with Gasteiger partial charge in [-0.25, -0.2) is 9.67 Å². The minimum atomic E-state index is -0.413. The molecule has 1 aromatic carbocycles. The molecule has 2 N–H and O–H groups in total. The summed E-state index contributed by atoms with van der Waals surface area (Å²) in [5, 5.41) is 5.67. The van der Waals surface area contributed by atoms with Gasteiger partial charge in [-0.1, -0.05) is 29.8 Å². The predicted molar refractivity (Wildman–Crippen MR) is 110 cm³/mol. The maximum Gasteiger partial charge on any atom is 0.252 e. The van der Waals surface area contributed by atoms with Crippen molar-refractivity contribution in [1.82, 2.24) is 9.78 Å². The molecule has 0 atom stereocenters. The van der Waals surface area contributed by atoms with E-state index in [2.05, 4.69) is 10.1 Å². The highest BCUT2D eigenvalue weighted by Gasteiger charge is 2.24. The topological polar surface area (TPSA) is 73.3 Å². The van der Waals surface area contributed by atoms with Crippen molar-refractivity contribution in [1.29, 1.82) is 0 Å². The predicted octanol–water partition coefficient (Wildman–Crippen LogP) is 4.62. The molecule has 0 saturated carbocycles. The molecule has 1 amide bonds. The number of aliphatic imine (C=N–C) groups is 1. The SMILES string of the molecule is Cc1nn(-c2ccccc2)c(Cl)c1C=Nc1sc2c(c1C(N)=O)CCCC2. The van der Waals surface area contributed by atoms with Crippen LogP contribution in [0.1, 0.15) is 44.9 Å². The number of primary amides is 1. The summed E-state index contributed by atoms with van der Waals surface area (Å²) in [6, 6.07) is 9.70. The Balaban J connectivity index is 1.73. The molecule has 3 aromatic rings. The second kappa shape index (κ2) is 7.29. The van der Waals surface area contributed by atoms with Gasteiger partial charge in [-0.15, -0.1) is 11.3 Å². The van der Waals surface area contributed by atoms with E-state index in [9.17, 15) is 4.79 Å². The van der Waals surface area contributed by atoms with Crippen LogP contribution in [0.3, 0.4) is 0 Å². The number of para-hydroxylation sites is 1. The molecule has 0 spiro atoms. The molecule has 0 saturated heterocycles. The Morgan fingerprint density at radius 1 is 1.30 bits per heavy atom. The molecule has 1 aliphatic carbocycles. The molecule has 0 unspecified atom stereocenters. The zero-order valence-electron chi connectivity index (χ0n) is 14.9. The summed E-state index contributed by atoms with van der Waals surface area (Å²) in [6.07, 6.45) is 5.80. The molecule has 2 aromatic heterocycles. The average Bonchev–Trinajstić information content (AvgIpc) is 3.18. The Morgan fingerprint density at radius 3 is 2.78 bits per heavy atom. The van der Waals surface area contributed by atoms with Gasteiger partial charge in [0.2, 0.25) is 0 Å². The molecular formula is C20H19ClN4OS. The number of rotatable bonds is 4. The van der Waals surface area contributed by atoms with Crippen LogP contribution in [0.25, 0.3) is 5.69 Å². The van der Waals surface area contributed by atoms with E-state index >= 15 is 0 Å². The molecule has 1 aliphatic rings. The van der Waals surface area contributed by atoms with Gasteiger partial charge in [0.15, 0.2) is 0 Å². The largest absolute Gasteiger partial charge is 0.365 e. The summed E-state index contributed by atoms with van der Waals surface area (Å²) in [6.45, 7) is 1.89. The number of nitrogens with two attached hydrogens (primary N) is 1. The van der Waals surface area contributed by atoms with Gasteiger partial charge in [-0.2, -0.15) is 5.10 Å². The van der Waals surface area contributed by atoms with Crippen LogP contribution < -0.4 is 5.73 Å². The van der Waals surface area contributed by atoms with Gasteiger partial charge in [-0.05, 0) is 50.3 Å². The van der Waals surface area contributed by atoms with E-state index in [1.165, 1.54) is 4.88 Å². The van der Waals surface area contributed by atoms with Crippen LogP contribution in [0.2, 0.25) is 5.15 Å². The van der Waals surface area contributed by atoms with Gasteiger partial charge in [0.25, 0.3) is 5.91 Å². The van der Waals surface area contributed by atoms with Gasteiger partial charge in [0, 0.05) is 11.1 Å². The Labute approximate surface area is 166 Å². The Bertz CT molecular complexity index is 1040. The second-order valence-corrected chi connectivity index (χ2v) is 7.99. The summed E-state index contributed by atoms with van der Waals surface area (Å²) in [5.41, 5.74) is 9.68. The van der Waals surface area contributed by atoms with Gasteiger partial charge in [0.05, 0.1) is 22.5 Å². The van der Waals surface area contributed by atoms with Crippen LogP contribution in [-0.2, 0) is 12.8 Å². The van der Waals surface area contributed by atoms with Crippen LogP contribution in [0.5, 0.6) is 0 Å². The molecule has 0 fully saturated rings. The van der Waals surface area contributed by atoms with Crippen molar-refractivity contribution in [2.75, 3.05) is 0 Å². The fraction of sp³-hybridized carbons (Fsp3) is 0.250. The minimum Gasteiger partial charge on any atom is -0.365 e. The number of aromatic nitrogens is 2. The number of carbonyl (C=O) groups is 1. The summed E-state index contributed by atoms with van der Waals surface area (Å²) < 4.78 is 1.69. The first-order valence-electron chi connectivity index (χ1n) is 8.85. The molecule has 4 rings (SSSR count). The van der Waals surface area contributed by atoms with Gasteiger partial charge in [-0.3, -0.25) is 4.79 Å². The number of fused-ring (bicyclic) bond motifs is 1. The molecule has 138 valence electrons. The Hall–Kier alpha value is -2.44. The number of aryl methyl sites for hydroxylation is 2. The Kier molecular flexibility index (Phi) is 4.85. The fourth-order valence-corrected chi connectivity index (χ4v) is 4.98. The monoisotopic (exact) mass is 398 g/mol. The molecule has 27 heavy (non-hydrogen) atoms. The maximum absolute atomic E-state index is 12.0. The number of halogens is 1. The van der Waals surface area contributed by atoms with Crippen molar-refractivity contribution in [2.45, 2.75) is 32.6 Å². The van der Waals surface area contributed by atoms with Crippen molar-refractivity contribution in [3.63, 3.8) is 0 Å².